The fraction of sp³-hybridized carbons (Fsp3) is 0.217. The van der Waals surface area contributed by atoms with Gasteiger partial charge in [-0.1, -0.05) is 0 Å². The van der Waals surface area contributed by atoms with Gasteiger partial charge in [-0.2, -0.15) is 13.2 Å². The summed E-state index contributed by atoms with van der Waals surface area (Å²) in [5.41, 5.74) is -2.08. The number of amides is 1. The molecule has 0 spiro atoms. The molecule has 39 heavy (non-hydrogen) atoms. The maximum Gasteiger partial charge on any atom is 0.388 e. The molecule has 4 heterocycles. The SMILES string of the molecule is O=C(NCc1cc2nc(-n3cc(F)c(OC(F)F)n3)ccc2cn1)c1cc(F)c2c(c1)S(=O)(=O)[C@@H](F)CCO2. The third kappa shape index (κ3) is 5.19. The highest BCUT2D eigenvalue weighted by Crippen LogP contribution is 2.35. The highest BCUT2D eigenvalue weighted by molar-refractivity contribution is 7.92. The van der Waals surface area contributed by atoms with E-state index < -0.39 is 62.4 Å². The molecule has 1 aliphatic rings. The van der Waals surface area contributed by atoms with Gasteiger partial charge >= 0.3 is 6.61 Å². The number of hydrogen-bond acceptors (Lipinski definition) is 8. The molecule has 10 nitrogen and oxygen atoms in total. The molecule has 0 bridgehead atoms. The lowest BCUT2D eigenvalue weighted by atomic mass is 10.2. The van der Waals surface area contributed by atoms with E-state index in [1.807, 2.05) is 0 Å². The molecule has 0 fully saturated rings. The third-order valence-corrected chi connectivity index (χ3v) is 7.45. The Morgan fingerprint density at radius 3 is 2.77 bits per heavy atom. The molecular weight excluding hydrogens is 553 g/mol. The Balaban J connectivity index is 1.36. The van der Waals surface area contributed by atoms with Gasteiger partial charge in [-0.3, -0.25) is 9.78 Å². The van der Waals surface area contributed by atoms with Crippen LogP contribution in [0.1, 0.15) is 22.5 Å². The second kappa shape index (κ2) is 10.1. The largest absolute Gasteiger partial charge is 0.489 e. The maximum absolute atomic E-state index is 14.6. The van der Waals surface area contributed by atoms with Crippen molar-refractivity contribution in [2.75, 3.05) is 6.61 Å². The lowest BCUT2D eigenvalue weighted by Crippen LogP contribution is -2.24. The van der Waals surface area contributed by atoms with Crippen molar-refractivity contribution in [3.8, 4) is 17.4 Å². The molecule has 204 valence electrons. The summed E-state index contributed by atoms with van der Waals surface area (Å²) in [7, 11) is -4.57. The Bertz CT molecular complexity index is 1700. The molecule has 1 aromatic carbocycles. The first-order chi connectivity index (χ1) is 18.5. The topological polar surface area (TPSA) is 125 Å². The van der Waals surface area contributed by atoms with Gasteiger partial charge in [0.05, 0.1) is 30.6 Å². The predicted molar refractivity (Wildman–Crippen MR) is 123 cm³/mol. The Kier molecular flexibility index (Phi) is 6.80. The maximum atomic E-state index is 14.6. The molecule has 1 amide bonds. The van der Waals surface area contributed by atoms with E-state index in [0.717, 1.165) is 23.0 Å². The number of rotatable bonds is 6. The number of hydrogen-bond donors (Lipinski definition) is 1. The van der Waals surface area contributed by atoms with Gasteiger partial charge < -0.3 is 14.8 Å². The monoisotopic (exact) mass is 569 g/mol. The molecule has 1 aliphatic heterocycles. The summed E-state index contributed by atoms with van der Waals surface area (Å²) in [4.78, 5) is 20.4. The van der Waals surface area contributed by atoms with E-state index in [-0.39, 0.29) is 30.2 Å². The molecule has 1 N–H and O–H groups in total. The van der Waals surface area contributed by atoms with Crippen LogP contribution in [0.25, 0.3) is 16.7 Å². The number of carbonyl (C=O) groups excluding carboxylic acids is 1. The van der Waals surface area contributed by atoms with Gasteiger partial charge in [0.25, 0.3) is 11.8 Å². The summed E-state index contributed by atoms with van der Waals surface area (Å²) >= 11 is 0. The van der Waals surface area contributed by atoms with E-state index in [2.05, 4.69) is 25.1 Å². The average molecular weight is 569 g/mol. The van der Waals surface area contributed by atoms with E-state index in [1.54, 1.807) is 6.07 Å². The van der Waals surface area contributed by atoms with Crippen molar-refractivity contribution < 1.29 is 44.6 Å². The Hall–Kier alpha value is -4.34. The number of nitrogens with one attached hydrogen (secondary N) is 1. The minimum atomic E-state index is -4.57. The lowest BCUT2D eigenvalue weighted by molar-refractivity contribution is -0.0553. The molecule has 3 aromatic heterocycles. The standard InChI is InChI=1S/C23H16F5N5O5S/c24-14-5-12(6-17-20(14)37-4-3-18(26)39(17,35)36)21(34)30-9-13-7-16-11(8-29-13)1-2-19(31-16)33-10-15(25)22(32-33)38-23(27)28/h1-2,5-8,10,18,23H,3-4,9H2,(H,30,34)/t18-/m1/s1. The fourth-order valence-electron chi connectivity index (χ4n) is 3.76. The summed E-state index contributed by atoms with van der Waals surface area (Å²) in [6, 6.07) is 6.10. The number of aromatic nitrogens is 4. The zero-order chi connectivity index (χ0) is 27.9. The second-order valence-electron chi connectivity index (χ2n) is 8.20. The number of ether oxygens (including phenoxy) is 2. The van der Waals surface area contributed by atoms with Crippen LogP contribution in [-0.2, 0) is 16.4 Å². The van der Waals surface area contributed by atoms with Crippen molar-refractivity contribution in [2.24, 2.45) is 0 Å². The molecule has 0 unspecified atom stereocenters. The van der Waals surface area contributed by atoms with Crippen molar-refractivity contribution in [3.63, 3.8) is 0 Å². The van der Waals surface area contributed by atoms with Crippen molar-refractivity contribution in [1.29, 1.82) is 0 Å². The molecule has 1 atom stereocenters. The third-order valence-electron chi connectivity index (χ3n) is 5.63. The van der Waals surface area contributed by atoms with E-state index in [0.29, 0.717) is 10.9 Å². The highest BCUT2D eigenvalue weighted by Gasteiger charge is 2.35. The fourth-order valence-corrected chi connectivity index (χ4v) is 5.15. The first-order valence-corrected chi connectivity index (χ1v) is 12.7. The molecule has 4 aromatic rings. The summed E-state index contributed by atoms with van der Waals surface area (Å²) in [5, 5.41) is 6.61. The van der Waals surface area contributed by atoms with Crippen LogP contribution in [0.3, 0.4) is 0 Å². The van der Waals surface area contributed by atoms with Crippen LogP contribution in [0, 0.1) is 11.6 Å². The van der Waals surface area contributed by atoms with Crippen molar-refractivity contribution in [2.45, 2.75) is 30.0 Å². The minimum Gasteiger partial charge on any atom is -0.489 e. The van der Waals surface area contributed by atoms with Crippen LogP contribution in [0.15, 0.2) is 47.6 Å². The van der Waals surface area contributed by atoms with Crippen LogP contribution < -0.4 is 14.8 Å². The number of nitrogens with zero attached hydrogens (tertiary/aromatic N) is 4. The van der Waals surface area contributed by atoms with Gasteiger partial charge in [0, 0.05) is 23.6 Å². The molecule has 0 saturated heterocycles. The van der Waals surface area contributed by atoms with Gasteiger partial charge in [0.1, 0.15) is 4.90 Å². The quantitative estimate of drug-likeness (QED) is 0.350. The Morgan fingerprint density at radius 1 is 1.21 bits per heavy atom. The van der Waals surface area contributed by atoms with E-state index in [1.165, 1.54) is 18.3 Å². The lowest BCUT2D eigenvalue weighted by Gasteiger charge is -2.12. The van der Waals surface area contributed by atoms with Crippen LogP contribution in [0.2, 0.25) is 0 Å². The first-order valence-electron chi connectivity index (χ1n) is 11.1. The number of pyridine rings is 2. The van der Waals surface area contributed by atoms with E-state index >= 15 is 0 Å². The number of sulfone groups is 1. The van der Waals surface area contributed by atoms with Crippen molar-refractivity contribution in [1.82, 2.24) is 25.1 Å². The highest BCUT2D eigenvalue weighted by atomic mass is 32.2. The van der Waals surface area contributed by atoms with Gasteiger partial charge in [-0.25, -0.2) is 26.9 Å². The summed E-state index contributed by atoms with van der Waals surface area (Å²) in [6.07, 6.45) is 1.75. The van der Waals surface area contributed by atoms with E-state index in [9.17, 15) is 35.2 Å². The zero-order valence-corrected chi connectivity index (χ0v) is 20.3. The predicted octanol–water partition coefficient (Wildman–Crippen LogP) is 3.48. The number of alkyl halides is 3. The van der Waals surface area contributed by atoms with E-state index in [4.69, 9.17) is 4.74 Å². The van der Waals surface area contributed by atoms with Crippen LogP contribution >= 0.6 is 0 Å². The number of carbonyl (C=O) groups is 1. The van der Waals surface area contributed by atoms with Gasteiger partial charge in [0.2, 0.25) is 21.2 Å². The molecule has 0 aliphatic carbocycles. The van der Waals surface area contributed by atoms with Crippen LogP contribution in [-0.4, -0.2) is 52.8 Å². The molecule has 16 heteroatoms. The molecule has 0 saturated carbocycles. The number of fused-ring (bicyclic) bond motifs is 2. The summed E-state index contributed by atoms with van der Waals surface area (Å²) in [6.45, 7) is -3.81. The number of benzene rings is 1. The molecule has 5 rings (SSSR count). The van der Waals surface area contributed by atoms with Crippen molar-refractivity contribution >= 4 is 26.6 Å². The first kappa shape index (κ1) is 26.3. The van der Waals surface area contributed by atoms with Crippen LogP contribution in [0.5, 0.6) is 11.6 Å². The molecule has 0 radical (unpaired) electrons. The van der Waals surface area contributed by atoms with Crippen molar-refractivity contribution in [3.05, 3.63) is 65.6 Å². The Labute approximate surface area is 216 Å². The zero-order valence-electron chi connectivity index (χ0n) is 19.4. The van der Waals surface area contributed by atoms with Gasteiger partial charge in [-0.05, 0) is 30.3 Å². The normalized spacial score (nSPS) is 16.4. The summed E-state index contributed by atoms with van der Waals surface area (Å²) < 4.78 is 102. The smallest absolute Gasteiger partial charge is 0.388 e. The Morgan fingerprint density at radius 2 is 2.00 bits per heavy atom. The molecular formula is C23H16F5N5O5S. The minimum absolute atomic E-state index is 0.0711. The van der Waals surface area contributed by atoms with Crippen LogP contribution in [0.4, 0.5) is 22.0 Å². The number of halogens is 5. The second-order valence-corrected chi connectivity index (χ2v) is 10.2. The summed E-state index contributed by atoms with van der Waals surface area (Å²) in [5.74, 6) is -4.59. The average Bonchev–Trinajstić information content (AvgIpc) is 3.20. The van der Waals surface area contributed by atoms with Gasteiger partial charge in [-0.15, -0.1) is 5.10 Å². The van der Waals surface area contributed by atoms with Gasteiger partial charge in [0.15, 0.2) is 17.4 Å².